The number of unbranched alkanes of at least 4 members (excludes halogenated alkanes) is 2. The monoisotopic (exact) mass is 472 g/mol. The van der Waals surface area contributed by atoms with Crippen molar-refractivity contribution in [1.29, 1.82) is 0 Å². The normalized spacial score (nSPS) is 14.0. The molecular weight excluding hydrogens is 450 g/mol. The zero-order valence-electron chi connectivity index (χ0n) is 15.6. The molecule has 0 spiro atoms. The summed E-state index contributed by atoms with van der Waals surface area (Å²) in [6.45, 7) is 2.26. The number of benzene rings is 2. The van der Waals surface area contributed by atoms with Crippen molar-refractivity contribution in [2.75, 3.05) is 0 Å². The summed E-state index contributed by atoms with van der Waals surface area (Å²) in [5, 5.41) is 0. The second-order valence-corrected chi connectivity index (χ2v) is 6.77. The molecule has 0 radical (unpaired) electrons. The maximum absolute atomic E-state index is 2.48. The van der Waals surface area contributed by atoms with Crippen LogP contribution in [-0.2, 0) is 32.6 Å². The molecule has 2 aromatic carbocycles. The predicted molar refractivity (Wildman–Crippen MR) is 104 cm³/mol. The van der Waals surface area contributed by atoms with E-state index in [-0.39, 0.29) is 51.0 Å². The molecule has 0 heterocycles. The van der Waals surface area contributed by atoms with E-state index in [0.29, 0.717) is 5.92 Å². The van der Waals surface area contributed by atoms with Crippen molar-refractivity contribution in [3.8, 4) is 11.1 Å². The van der Waals surface area contributed by atoms with Gasteiger partial charge >= 0.3 is 26.2 Å². The molecule has 0 saturated heterocycles. The Balaban J connectivity index is 0.00000121. The molecule has 0 nitrogen and oxygen atoms in total. The van der Waals surface area contributed by atoms with Crippen LogP contribution in [0.25, 0.3) is 16.7 Å². The molecule has 2 aliphatic rings. The molecular formula is C24H24Cl2Zr. The third-order valence-electron chi connectivity index (χ3n) is 5.16. The van der Waals surface area contributed by atoms with Crippen LogP contribution in [-0.4, -0.2) is 0 Å². The molecule has 0 atom stereocenters. The average molecular weight is 475 g/mol. The Bertz CT molecular complexity index is 837. The minimum absolute atomic E-state index is 0. The second kappa shape index (κ2) is 11.2. The van der Waals surface area contributed by atoms with E-state index in [4.69, 9.17) is 0 Å². The molecule has 0 aliphatic heterocycles. The number of hydrogen-bond acceptors (Lipinski definition) is 0. The van der Waals surface area contributed by atoms with Crippen LogP contribution in [0.1, 0.15) is 42.9 Å². The molecule has 0 fully saturated rings. The summed E-state index contributed by atoms with van der Waals surface area (Å²) in [6, 6.07) is 15.7. The van der Waals surface area contributed by atoms with Gasteiger partial charge in [0.15, 0.2) is 0 Å². The van der Waals surface area contributed by atoms with Crippen LogP contribution >= 0.6 is 0 Å². The minimum atomic E-state index is 0. The maximum atomic E-state index is 2.48. The van der Waals surface area contributed by atoms with Crippen LogP contribution in [0.5, 0.6) is 0 Å². The molecule has 0 N–H and O–H groups in total. The van der Waals surface area contributed by atoms with Gasteiger partial charge in [-0.3, -0.25) is 0 Å². The van der Waals surface area contributed by atoms with Crippen LogP contribution in [0.4, 0.5) is 0 Å². The van der Waals surface area contributed by atoms with E-state index in [0.717, 1.165) is 12.8 Å². The molecule has 3 heteroatoms. The molecule has 0 amide bonds. The molecule has 2 aromatic rings. The number of hydrogen-bond donors (Lipinski definition) is 0. The van der Waals surface area contributed by atoms with Crippen LogP contribution in [0, 0.1) is 5.92 Å². The Morgan fingerprint density at radius 2 is 1.67 bits per heavy atom. The maximum Gasteiger partial charge on any atom is 2.00 e. The summed E-state index contributed by atoms with van der Waals surface area (Å²) < 4.78 is 0. The molecule has 0 bridgehead atoms. The molecule has 0 saturated carbocycles. The van der Waals surface area contributed by atoms with E-state index < -0.39 is 0 Å². The zero-order valence-corrected chi connectivity index (χ0v) is 19.6. The fraction of sp³-hybridized carbons (Fsp3) is 0.250. The van der Waals surface area contributed by atoms with Crippen molar-refractivity contribution in [3.63, 3.8) is 0 Å². The molecule has 0 aromatic heterocycles. The Labute approximate surface area is 194 Å². The Hall–Kier alpha value is -0.877. The van der Waals surface area contributed by atoms with Crippen molar-refractivity contribution < 1.29 is 51.0 Å². The van der Waals surface area contributed by atoms with Gasteiger partial charge in [0.1, 0.15) is 0 Å². The van der Waals surface area contributed by atoms with Crippen LogP contribution in [0.3, 0.4) is 0 Å². The molecule has 27 heavy (non-hydrogen) atoms. The summed E-state index contributed by atoms with van der Waals surface area (Å²) in [7, 11) is 0. The van der Waals surface area contributed by atoms with Crippen LogP contribution in [0.15, 0.2) is 72.8 Å². The second-order valence-electron chi connectivity index (χ2n) is 6.77. The van der Waals surface area contributed by atoms with Gasteiger partial charge in [0.2, 0.25) is 0 Å². The third-order valence-corrected chi connectivity index (χ3v) is 5.16. The predicted octanol–water partition coefficient (Wildman–Crippen LogP) is 0.579. The standard InChI is InChI=1S/C24H24.2ClH.Zr/c1-2-3-4-14-21(18-10-5-6-11-18)23-16-9-13-20-17-19-12-7-8-15-22(19)24(20)23;;;/h5-16,18H,2-4,17H2,1H3;2*1H;/q;;;+2/p-2. The molecule has 138 valence electrons. The Morgan fingerprint density at radius 1 is 0.963 bits per heavy atom. The Morgan fingerprint density at radius 3 is 2.41 bits per heavy atom. The van der Waals surface area contributed by atoms with Gasteiger partial charge < -0.3 is 24.8 Å². The summed E-state index contributed by atoms with van der Waals surface area (Å²) >= 11 is 0. The van der Waals surface area contributed by atoms with E-state index in [1.807, 2.05) is 0 Å². The van der Waals surface area contributed by atoms with Gasteiger partial charge in [0, 0.05) is 5.92 Å². The average Bonchev–Trinajstić information content (AvgIpc) is 3.26. The van der Waals surface area contributed by atoms with Crippen LogP contribution < -0.4 is 24.8 Å². The van der Waals surface area contributed by atoms with E-state index in [9.17, 15) is 0 Å². The van der Waals surface area contributed by atoms with Crippen molar-refractivity contribution in [2.45, 2.75) is 32.6 Å². The van der Waals surface area contributed by atoms with Crippen molar-refractivity contribution in [1.82, 2.24) is 0 Å². The molecule has 2 aliphatic carbocycles. The van der Waals surface area contributed by atoms with Crippen molar-refractivity contribution in [3.05, 3.63) is 89.5 Å². The van der Waals surface area contributed by atoms with Gasteiger partial charge in [-0.05, 0) is 46.2 Å². The van der Waals surface area contributed by atoms with Crippen molar-refractivity contribution in [2.24, 2.45) is 5.92 Å². The van der Waals surface area contributed by atoms with E-state index in [1.54, 1.807) is 0 Å². The number of halogens is 2. The van der Waals surface area contributed by atoms with E-state index in [1.165, 1.54) is 46.2 Å². The van der Waals surface area contributed by atoms with Gasteiger partial charge in [-0.1, -0.05) is 92.6 Å². The fourth-order valence-corrected chi connectivity index (χ4v) is 3.96. The van der Waals surface area contributed by atoms with Crippen LogP contribution in [0.2, 0.25) is 0 Å². The quantitative estimate of drug-likeness (QED) is 0.475. The first kappa shape index (κ1) is 24.2. The van der Waals surface area contributed by atoms with Crippen molar-refractivity contribution >= 4 is 5.57 Å². The zero-order chi connectivity index (χ0) is 16.4. The van der Waals surface area contributed by atoms with E-state index >= 15 is 0 Å². The first-order valence-corrected chi connectivity index (χ1v) is 9.14. The van der Waals surface area contributed by atoms with E-state index in [2.05, 4.69) is 79.8 Å². The third kappa shape index (κ3) is 4.94. The van der Waals surface area contributed by atoms with Gasteiger partial charge in [0.05, 0.1) is 0 Å². The summed E-state index contributed by atoms with van der Waals surface area (Å²) in [6.07, 6.45) is 16.2. The smallest absolute Gasteiger partial charge is 1.00 e. The SMILES string of the molecule is CCCCC=C(c1cccc2c1-c1ccccc1C2)C1C=CC=C1.[Cl-].[Cl-].[Zr+2]. The summed E-state index contributed by atoms with van der Waals surface area (Å²) in [4.78, 5) is 0. The van der Waals surface area contributed by atoms with Gasteiger partial charge in [-0.15, -0.1) is 0 Å². The molecule has 4 rings (SSSR count). The number of allylic oxidation sites excluding steroid dienone is 6. The van der Waals surface area contributed by atoms with Gasteiger partial charge in [-0.25, -0.2) is 0 Å². The first-order valence-electron chi connectivity index (χ1n) is 9.14. The van der Waals surface area contributed by atoms with Gasteiger partial charge in [-0.2, -0.15) is 0 Å². The Kier molecular flexibility index (Phi) is 10.0. The van der Waals surface area contributed by atoms with Gasteiger partial charge in [0.25, 0.3) is 0 Å². The fourth-order valence-electron chi connectivity index (χ4n) is 3.96. The number of fused-ring (bicyclic) bond motifs is 3. The summed E-state index contributed by atoms with van der Waals surface area (Å²) in [5.41, 5.74) is 8.73. The topological polar surface area (TPSA) is 0 Å². The summed E-state index contributed by atoms with van der Waals surface area (Å²) in [5.74, 6) is 0.418. The number of rotatable bonds is 5. The first-order chi connectivity index (χ1) is 11.9. The minimum Gasteiger partial charge on any atom is -1.00 e. The largest absolute Gasteiger partial charge is 2.00 e. The molecule has 0 unspecified atom stereocenters.